The number of ketones is 1. The van der Waals surface area contributed by atoms with Gasteiger partial charge in [-0.1, -0.05) is 12.1 Å². The first-order valence-corrected chi connectivity index (χ1v) is 6.01. The molecule has 0 aliphatic rings. The Morgan fingerprint density at radius 3 is 2.67 bits per heavy atom. The van der Waals surface area contributed by atoms with E-state index in [9.17, 15) is 9.59 Å². The summed E-state index contributed by atoms with van der Waals surface area (Å²) >= 11 is 1.31. The molecule has 5 nitrogen and oxygen atoms in total. The molecule has 1 aromatic carbocycles. The van der Waals surface area contributed by atoms with Crippen molar-refractivity contribution in [3.8, 4) is 10.6 Å². The van der Waals surface area contributed by atoms with Crippen molar-refractivity contribution in [1.82, 2.24) is 4.98 Å². The third-order valence-electron chi connectivity index (χ3n) is 2.26. The fourth-order valence-electron chi connectivity index (χ4n) is 1.45. The van der Waals surface area contributed by atoms with Crippen molar-refractivity contribution >= 4 is 28.9 Å². The molecule has 1 aromatic heterocycles. The number of hydrogen-bond acceptors (Lipinski definition) is 4. The molecule has 2 aromatic rings. The van der Waals surface area contributed by atoms with E-state index in [1.54, 1.807) is 29.6 Å². The Hall–Kier alpha value is -2.21. The molecule has 0 fully saturated rings. The molecule has 0 radical (unpaired) electrons. The number of benzene rings is 1. The second-order valence-electron chi connectivity index (χ2n) is 3.57. The first-order chi connectivity index (χ1) is 8.58. The second-order valence-corrected chi connectivity index (χ2v) is 4.43. The van der Waals surface area contributed by atoms with Crippen LogP contribution in [0.1, 0.15) is 17.4 Å². The minimum atomic E-state index is -1.13. The lowest BCUT2D eigenvalue weighted by Gasteiger charge is -2.05. The number of carbonyl (C=O) groups is 2. The van der Waals surface area contributed by atoms with Gasteiger partial charge in [-0.05, 0) is 12.1 Å². The molecule has 18 heavy (non-hydrogen) atoms. The van der Waals surface area contributed by atoms with Gasteiger partial charge in [0.15, 0.2) is 5.78 Å². The maximum atomic E-state index is 11.2. The highest BCUT2D eigenvalue weighted by molar-refractivity contribution is 7.13. The number of carbonyl (C=O) groups excluding carboxylic acids is 1. The van der Waals surface area contributed by atoms with Gasteiger partial charge in [0.05, 0.1) is 5.69 Å². The van der Waals surface area contributed by atoms with Gasteiger partial charge in [-0.2, -0.15) is 0 Å². The Kier molecular flexibility index (Phi) is 3.38. The summed E-state index contributed by atoms with van der Waals surface area (Å²) in [6.45, 7) is 1.44. The molecule has 0 spiro atoms. The number of aromatic nitrogens is 1. The largest absolute Gasteiger partial charge is 0.465 e. The van der Waals surface area contributed by atoms with E-state index in [1.165, 1.54) is 18.3 Å². The Bertz CT molecular complexity index is 607. The molecular weight excluding hydrogens is 252 g/mol. The average Bonchev–Trinajstić information content (AvgIpc) is 2.78. The maximum absolute atomic E-state index is 11.2. The second kappa shape index (κ2) is 4.97. The smallest absolute Gasteiger partial charge is 0.409 e. The summed E-state index contributed by atoms with van der Waals surface area (Å²) in [5, 5.41) is 13.3. The topological polar surface area (TPSA) is 79.3 Å². The van der Waals surface area contributed by atoms with E-state index in [4.69, 9.17) is 5.11 Å². The van der Waals surface area contributed by atoms with E-state index < -0.39 is 6.09 Å². The zero-order valence-electron chi connectivity index (χ0n) is 9.51. The number of hydrogen-bond donors (Lipinski definition) is 2. The summed E-state index contributed by atoms with van der Waals surface area (Å²) in [6.07, 6.45) is -1.13. The highest BCUT2D eigenvalue weighted by atomic mass is 32.1. The van der Waals surface area contributed by atoms with Crippen LogP contribution in [0.4, 0.5) is 10.5 Å². The van der Waals surface area contributed by atoms with E-state index in [0.717, 1.165) is 0 Å². The zero-order valence-corrected chi connectivity index (χ0v) is 10.3. The fraction of sp³-hybridized carbons (Fsp3) is 0.0833. The van der Waals surface area contributed by atoms with Crippen LogP contribution in [0.25, 0.3) is 10.6 Å². The average molecular weight is 262 g/mol. The van der Waals surface area contributed by atoms with Gasteiger partial charge in [0.25, 0.3) is 0 Å². The van der Waals surface area contributed by atoms with Crippen LogP contribution >= 0.6 is 11.3 Å². The van der Waals surface area contributed by atoms with Gasteiger partial charge in [0.1, 0.15) is 10.7 Å². The molecule has 0 aliphatic carbocycles. The lowest BCUT2D eigenvalue weighted by Crippen LogP contribution is -2.08. The number of anilines is 1. The molecule has 0 saturated carbocycles. The zero-order chi connectivity index (χ0) is 13.1. The van der Waals surface area contributed by atoms with Crippen LogP contribution < -0.4 is 5.32 Å². The van der Waals surface area contributed by atoms with Crippen LogP contribution in [-0.2, 0) is 0 Å². The summed E-state index contributed by atoms with van der Waals surface area (Å²) in [5.41, 5.74) is 1.51. The molecule has 1 heterocycles. The van der Waals surface area contributed by atoms with Crippen molar-refractivity contribution in [3.05, 3.63) is 35.3 Å². The monoisotopic (exact) mass is 262 g/mol. The van der Waals surface area contributed by atoms with Gasteiger partial charge in [0, 0.05) is 17.9 Å². The lowest BCUT2D eigenvalue weighted by molar-refractivity contribution is 0.101. The molecule has 92 valence electrons. The summed E-state index contributed by atoms with van der Waals surface area (Å²) < 4.78 is 0. The number of amides is 1. The first-order valence-electron chi connectivity index (χ1n) is 5.13. The summed E-state index contributed by atoms with van der Waals surface area (Å²) in [5.74, 6) is -0.110. The van der Waals surface area contributed by atoms with Crippen LogP contribution in [-0.4, -0.2) is 22.0 Å². The summed E-state index contributed by atoms with van der Waals surface area (Å²) in [4.78, 5) is 26.1. The molecule has 0 atom stereocenters. The molecule has 0 bridgehead atoms. The van der Waals surface area contributed by atoms with Crippen molar-refractivity contribution < 1.29 is 14.7 Å². The number of Topliss-reactive ketones (excluding diaryl/α,β-unsaturated/α-hetero) is 1. The highest BCUT2D eigenvalue weighted by Crippen LogP contribution is 2.30. The van der Waals surface area contributed by atoms with Crippen molar-refractivity contribution in [2.24, 2.45) is 0 Å². The number of rotatable bonds is 3. The normalized spacial score (nSPS) is 10.1. The number of carboxylic acid groups (broad SMARTS) is 1. The molecule has 0 saturated heterocycles. The van der Waals surface area contributed by atoms with E-state index >= 15 is 0 Å². The fourth-order valence-corrected chi connectivity index (χ4v) is 2.35. The highest BCUT2D eigenvalue weighted by Gasteiger charge is 2.12. The number of nitrogens with one attached hydrogen (secondary N) is 1. The van der Waals surface area contributed by atoms with Crippen molar-refractivity contribution in [2.75, 3.05) is 5.32 Å². The number of nitrogens with zero attached hydrogens (tertiary/aromatic N) is 1. The Labute approximate surface area is 107 Å². The van der Waals surface area contributed by atoms with E-state index in [-0.39, 0.29) is 5.78 Å². The minimum Gasteiger partial charge on any atom is -0.465 e. The maximum Gasteiger partial charge on any atom is 0.409 e. The van der Waals surface area contributed by atoms with Crippen LogP contribution in [0, 0.1) is 0 Å². The third-order valence-corrected chi connectivity index (χ3v) is 3.14. The van der Waals surface area contributed by atoms with Crippen LogP contribution in [0.3, 0.4) is 0 Å². The Balaban J connectivity index is 2.42. The van der Waals surface area contributed by atoms with Gasteiger partial charge in [-0.15, -0.1) is 11.3 Å². The number of para-hydroxylation sites is 1. The predicted octanol–water partition coefficient (Wildman–Crippen LogP) is 3.10. The Morgan fingerprint density at radius 2 is 2.06 bits per heavy atom. The van der Waals surface area contributed by atoms with E-state index in [0.29, 0.717) is 22.0 Å². The molecule has 0 aliphatic heterocycles. The van der Waals surface area contributed by atoms with Crippen molar-refractivity contribution in [3.63, 3.8) is 0 Å². The van der Waals surface area contributed by atoms with Gasteiger partial charge in [0.2, 0.25) is 0 Å². The molecule has 1 amide bonds. The summed E-state index contributed by atoms with van der Waals surface area (Å²) in [7, 11) is 0. The SMILES string of the molecule is CC(=O)c1csc(-c2ccccc2NC(=O)O)n1. The molecular formula is C12H10N2O3S. The number of thiazole rings is 1. The van der Waals surface area contributed by atoms with Gasteiger partial charge >= 0.3 is 6.09 Å². The quantitative estimate of drug-likeness (QED) is 0.833. The van der Waals surface area contributed by atoms with E-state index in [2.05, 4.69) is 10.3 Å². The van der Waals surface area contributed by atoms with Crippen LogP contribution in [0.2, 0.25) is 0 Å². The molecule has 2 rings (SSSR count). The lowest BCUT2D eigenvalue weighted by atomic mass is 10.2. The molecule has 6 heteroatoms. The standard InChI is InChI=1S/C12H10N2O3S/c1-7(15)10-6-18-11(13-10)8-4-2-3-5-9(8)14-12(16)17/h2-6,14H,1H3,(H,16,17). The predicted molar refractivity (Wildman–Crippen MR) is 69.2 cm³/mol. The van der Waals surface area contributed by atoms with Crippen molar-refractivity contribution in [2.45, 2.75) is 6.92 Å². The first kappa shape index (κ1) is 12.3. The summed E-state index contributed by atoms with van der Waals surface area (Å²) in [6, 6.07) is 6.93. The molecule has 0 unspecified atom stereocenters. The van der Waals surface area contributed by atoms with E-state index in [1.807, 2.05) is 0 Å². The third kappa shape index (κ3) is 2.54. The minimum absolute atomic E-state index is 0.110. The van der Waals surface area contributed by atoms with Crippen molar-refractivity contribution in [1.29, 1.82) is 0 Å². The van der Waals surface area contributed by atoms with Gasteiger partial charge < -0.3 is 5.11 Å². The van der Waals surface area contributed by atoms with Gasteiger partial charge in [-0.3, -0.25) is 10.1 Å². The van der Waals surface area contributed by atoms with Gasteiger partial charge in [-0.25, -0.2) is 9.78 Å². The van der Waals surface area contributed by atoms with Crippen LogP contribution in [0.5, 0.6) is 0 Å². The molecule has 2 N–H and O–H groups in total. The Morgan fingerprint density at radius 1 is 1.33 bits per heavy atom. The van der Waals surface area contributed by atoms with Crippen LogP contribution in [0.15, 0.2) is 29.6 Å².